The lowest BCUT2D eigenvalue weighted by Crippen LogP contribution is -2.39. The lowest BCUT2D eigenvalue weighted by Gasteiger charge is -2.36. The molecular weight excluding hydrogens is 324 g/mol. The van der Waals surface area contributed by atoms with Crippen molar-refractivity contribution in [2.24, 2.45) is 5.92 Å². The molecule has 0 bridgehead atoms. The van der Waals surface area contributed by atoms with Gasteiger partial charge in [0.25, 0.3) is 0 Å². The minimum Gasteiger partial charge on any atom is -0.469 e. The number of hydrogen-bond acceptors (Lipinski definition) is 6. The van der Waals surface area contributed by atoms with Gasteiger partial charge in [-0.2, -0.15) is 10.1 Å². The Morgan fingerprint density at radius 3 is 3.08 bits per heavy atom. The fourth-order valence-electron chi connectivity index (χ4n) is 3.60. The first-order valence-corrected chi connectivity index (χ1v) is 8.67. The van der Waals surface area contributed by atoms with Crippen LogP contribution >= 0.6 is 11.3 Å². The van der Waals surface area contributed by atoms with Crippen molar-refractivity contribution in [2.45, 2.75) is 18.4 Å². The first-order chi connectivity index (χ1) is 11.8. The van der Waals surface area contributed by atoms with Crippen molar-refractivity contribution in [2.75, 3.05) is 5.32 Å². The molecule has 7 heteroatoms. The highest BCUT2D eigenvalue weighted by molar-refractivity contribution is 7.10. The van der Waals surface area contributed by atoms with Gasteiger partial charge in [-0.15, -0.1) is 11.3 Å². The molecule has 3 aromatic heterocycles. The van der Waals surface area contributed by atoms with Crippen LogP contribution in [0.5, 0.6) is 0 Å². The van der Waals surface area contributed by atoms with Gasteiger partial charge in [0.2, 0.25) is 5.95 Å². The number of furan rings is 1. The molecule has 0 amide bonds. The summed E-state index contributed by atoms with van der Waals surface area (Å²) < 4.78 is 7.32. The highest BCUT2D eigenvalue weighted by Crippen LogP contribution is 2.44. The molecule has 0 unspecified atom stereocenters. The predicted octanol–water partition coefficient (Wildman–Crippen LogP) is 3.20. The molecule has 6 nitrogen and oxygen atoms in total. The molecule has 4 heterocycles. The number of carbonyl (C=O) groups is 1. The molecule has 1 N–H and O–H groups in total. The summed E-state index contributed by atoms with van der Waals surface area (Å²) in [6.07, 6.45) is 5.71. The van der Waals surface area contributed by atoms with Crippen LogP contribution < -0.4 is 5.32 Å². The van der Waals surface area contributed by atoms with Crippen molar-refractivity contribution in [3.63, 3.8) is 0 Å². The molecule has 1 aliphatic heterocycles. The monoisotopic (exact) mass is 338 g/mol. The molecule has 2 aliphatic rings. The summed E-state index contributed by atoms with van der Waals surface area (Å²) in [6.45, 7) is 0. The van der Waals surface area contributed by atoms with Crippen molar-refractivity contribution in [3.05, 3.63) is 64.6 Å². The second-order valence-electron chi connectivity index (χ2n) is 6.01. The molecule has 1 aliphatic carbocycles. The SMILES string of the molecule is O=C1C[C@@H](c2ccco2)C=C2Nc3ncnn3[C@H](c3cccs3)[C@@H]12. The fourth-order valence-corrected chi connectivity index (χ4v) is 4.45. The number of nitrogens with zero attached hydrogens (tertiary/aromatic N) is 3. The summed E-state index contributed by atoms with van der Waals surface area (Å²) >= 11 is 1.64. The summed E-state index contributed by atoms with van der Waals surface area (Å²) in [5.41, 5.74) is 0.895. The largest absolute Gasteiger partial charge is 0.469 e. The van der Waals surface area contributed by atoms with Crippen molar-refractivity contribution < 1.29 is 9.21 Å². The fraction of sp³-hybridized carbons (Fsp3) is 0.235. The van der Waals surface area contributed by atoms with E-state index in [-0.39, 0.29) is 23.7 Å². The Bertz CT molecular complexity index is 910. The van der Waals surface area contributed by atoms with Gasteiger partial charge in [0, 0.05) is 22.9 Å². The van der Waals surface area contributed by atoms with Crippen molar-refractivity contribution in [3.8, 4) is 0 Å². The van der Waals surface area contributed by atoms with Gasteiger partial charge in [0.1, 0.15) is 23.9 Å². The second kappa shape index (κ2) is 5.17. The van der Waals surface area contributed by atoms with Crippen LogP contribution in [0.15, 0.2) is 58.4 Å². The highest BCUT2D eigenvalue weighted by Gasteiger charge is 2.43. The topological polar surface area (TPSA) is 73.0 Å². The van der Waals surface area contributed by atoms with E-state index in [2.05, 4.69) is 27.5 Å². The van der Waals surface area contributed by atoms with Crippen LogP contribution in [0, 0.1) is 5.92 Å². The van der Waals surface area contributed by atoms with Gasteiger partial charge in [0.05, 0.1) is 12.2 Å². The first-order valence-electron chi connectivity index (χ1n) is 7.79. The van der Waals surface area contributed by atoms with Crippen LogP contribution in [0.25, 0.3) is 0 Å². The van der Waals surface area contributed by atoms with Crippen LogP contribution in [-0.4, -0.2) is 20.5 Å². The average Bonchev–Trinajstić information content (AvgIpc) is 3.33. The van der Waals surface area contributed by atoms with E-state index in [9.17, 15) is 4.79 Å². The zero-order valence-corrected chi connectivity index (χ0v) is 13.4. The summed E-state index contributed by atoms with van der Waals surface area (Å²) in [6, 6.07) is 7.68. The van der Waals surface area contributed by atoms with E-state index in [0.29, 0.717) is 12.4 Å². The average molecular weight is 338 g/mol. The number of rotatable bonds is 2. The number of allylic oxidation sites excluding steroid dienone is 2. The Hall–Kier alpha value is -2.67. The van der Waals surface area contributed by atoms with E-state index in [1.54, 1.807) is 17.6 Å². The summed E-state index contributed by atoms with van der Waals surface area (Å²) in [7, 11) is 0. The predicted molar refractivity (Wildman–Crippen MR) is 88.7 cm³/mol. The number of carbonyl (C=O) groups excluding carboxylic acids is 1. The van der Waals surface area contributed by atoms with E-state index in [1.165, 1.54) is 6.33 Å². The Balaban J connectivity index is 1.64. The van der Waals surface area contributed by atoms with Crippen molar-refractivity contribution in [1.82, 2.24) is 14.8 Å². The van der Waals surface area contributed by atoms with E-state index >= 15 is 0 Å². The third kappa shape index (κ3) is 1.98. The first kappa shape index (κ1) is 13.7. The molecule has 3 atom stereocenters. The van der Waals surface area contributed by atoms with Crippen LogP contribution in [0.3, 0.4) is 0 Å². The number of ketones is 1. The molecular formula is C17H14N4O2S. The van der Waals surface area contributed by atoms with Gasteiger partial charge in [0.15, 0.2) is 0 Å². The van der Waals surface area contributed by atoms with Gasteiger partial charge in [-0.1, -0.05) is 12.1 Å². The third-order valence-corrected chi connectivity index (χ3v) is 5.58. The molecule has 0 fully saturated rings. The van der Waals surface area contributed by atoms with Crippen LogP contribution in [0.4, 0.5) is 5.95 Å². The minimum absolute atomic E-state index is 0.0373. The Morgan fingerprint density at radius 1 is 1.33 bits per heavy atom. The Labute approximate surface area is 141 Å². The smallest absolute Gasteiger partial charge is 0.226 e. The standard InChI is InChI=1S/C17H14N4O2S/c22-12-8-10(13-3-1-5-23-13)7-11-15(12)16(14-4-2-6-24-14)21-17(20-11)18-9-19-21/h1-7,9-10,15-16H,8H2,(H,18,19,20)/t10-,15+,16+/m0/s1. The normalized spacial score (nSPS) is 25.6. The second-order valence-corrected chi connectivity index (χ2v) is 6.98. The molecule has 0 aromatic carbocycles. The molecule has 0 saturated carbocycles. The number of anilines is 1. The van der Waals surface area contributed by atoms with Gasteiger partial charge >= 0.3 is 0 Å². The van der Waals surface area contributed by atoms with Gasteiger partial charge in [-0.25, -0.2) is 4.68 Å². The summed E-state index contributed by atoms with van der Waals surface area (Å²) in [5, 5.41) is 9.65. The van der Waals surface area contributed by atoms with Crippen molar-refractivity contribution >= 4 is 23.1 Å². The summed E-state index contributed by atoms with van der Waals surface area (Å²) in [4.78, 5) is 18.4. The van der Waals surface area contributed by atoms with Crippen LogP contribution in [0.2, 0.25) is 0 Å². The minimum atomic E-state index is -0.260. The zero-order chi connectivity index (χ0) is 16.1. The molecule has 0 saturated heterocycles. The molecule has 24 heavy (non-hydrogen) atoms. The maximum atomic E-state index is 13.0. The highest BCUT2D eigenvalue weighted by atomic mass is 32.1. The summed E-state index contributed by atoms with van der Waals surface area (Å²) in [5.74, 6) is 1.38. The van der Waals surface area contributed by atoms with Gasteiger partial charge in [-0.3, -0.25) is 4.79 Å². The maximum absolute atomic E-state index is 13.0. The molecule has 0 radical (unpaired) electrons. The lowest BCUT2D eigenvalue weighted by atomic mass is 9.78. The van der Waals surface area contributed by atoms with Crippen molar-refractivity contribution in [1.29, 1.82) is 0 Å². The van der Waals surface area contributed by atoms with Crippen LogP contribution in [0.1, 0.15) is 29.0 Å². The van der Waals surface area contributed by atoms with E-state index in [0.717, 1.165) is 16.3 Å². The quantitative estimate of drug-likeness (QED) is 0.777. The molecule has 3 aromatic rings. The molecule has 0 spiro atoms. The zero-order valence-electron chi connectivity index (χ0n) is 12.6. The third-order valence-electron chi connectivity index (χ3n) is 4.64. The number of nitrogens with one attached hydrogen (secondary N) is 1. The van der Waals surface area contributed by atoms with E-state index in [4.69, 9.17) is 4.42 Å². The number of Topliss-reactive ketones (excluding diaryl/α,β-unsaturated/α-hetero) is 1. The number of thiophene rings is 1. The number of hydrogen-bond donors (Lipinski definition) is 1. The maximum Gasteiger partial charge on any atom is 0.226 e. The number of aromatic nitrogens is 3. The Kier molecular flexibility index (Phi) is 2.96. The van der Waals surface area contributed by atoms with E-state index in [1.807, 2.05) is 28.3 Å². The number of fused-ring (bicyclic) bond motifs is 2. The van der Waals surface area contributed by atoms with Gasteiger partial charge in [-0.05, 0) is 23.6 Å². The molecule has 5 rings (SSSR count). The lowest BCUT2D eigenvalue weighted by molar-refractivity contribution is -0.123. The van der Waals surface area contributed by atoms with E-state index < -0.39 is 0 Å². The van der Waals surface area contributed by atoms with Crippen LogP contribution in [-0.2, 0) is 4.79 Å². The Morgan fingerprint density at radius 2 is 2.29 bits per heavy atom. The van der Waals surface area contributed by atoms with Gasteiger partial charge < -0.3 is 9.73 Å². The molecule has 120 valence electrons.